The van der Waals surface area contributed by atoms with E-state index in [0.717, 1.165) is 17.9 Å². The van der Waals surface area contributed by atoms with Gasteiger partial charge in [-0.25, -0.2) is 0 Å². The minimum Gasteiger partial charge on any atom is -0.378 e. The van der Waals surface area contributed by atoms with Gasteiger partial charge in [0.1, 0.15) is 0 Å². The smallest absolute Gasteiger partial charge is 0.0568 e. The van der Waals surface area contributed by atoms with E-state index in [2.05, 4.69) is 54.7 Å². The molecule has 2 heteroatoms. The number of halogens is 1. The zero-order valence-corrected chi connectivity index (χ0v) is 13.5. The van der Waals surface area contributed by atoms with Crippen molar-refractivity contribution in [3.05, 3.63) is 76.3 Å². The number of aryl methyl sites for hydroxylation is 1. The lowest BCUT2D eigenvalue weighted by Crippen LogP contribution is -2.29. The van der Waals surface area contributed by atoms with Crippen molar-refractivity contribution >= 4 is 17.3 Å². The molecule has 2 aromatic carbocycles. The highest BCUT2D eigenvalue weighted by Crippen LogP contribution is 2.50. The lowest BCUT2D eigenvalue weighted by Gasteiger charge is -2.38. The van der Waals surface area contributed by atoms with Crippen LogP contribution in [0.3, 0.4) is 0 Å². The molecule has 2 aromatic rings. The molecular weight excluding hydrogens is 290 g/mol. The Balaban J connectivity index is 1.80. The number of allylic oxidation sites excluding steroid dienone is 2. The molecule has 0 radical (unpaired) electrons. The van der Waals surface area contributed by atoms with Crippen LogP contribution in [-0.2, 0) is 6.42 Å². The average Bonchev–Trinajstić information content (AvgIpc) is 3.04. The van der Waals surface area contributed by atoms with Crippen molar-refractivity contribution in [1.29, 1.82) is 0 Å². The van der Waals surface area contributed by atoms with Gasteiger partial charge in [-0.05, 0) is 47.6 Å². The third-order valence-corrected chi connectivity index (χ3v) is 5.42. The Hall–Kier alpha value is -1.73. The summed E-state index contributed by atoms with van der Waals surface area (Å²) < 4.78 is 0. The quantitative estimate of drug-likeness (QED) is 0.699. The van der Waals surface area contributed by atoms with Crippen molar-refractivity contribution in [1.82, 2.24) is 0 Å². The van der Waals surface area contributed by atoms with E-state index >= 15 is 0 Å². The monoisotopic (exact) mass is 309 g/mol. The summed E-state index contributed by atoms with van der Waals surface area (Å²) in [7, 11) is 0. The molecule has 1 nitrogen and oxygen atoms in total. The van der Waals surface area contributed by atoms with E-state index in [9.17, 15) is 0 Å². The van der Waals surface area contributed by atoms with Crippen molar-refractivity contribution in [3.8, 4) is 0 Å². The summed E-state index contributed by atoms with van der Waals surface area (Å²) in [6.07, 6.45) is 6.91. The molecule has 3 atom stereocenters. The number of rotatable bonds is 2. The van der Waals surface area contributed by atoms with Gasteiger partial charge in [0, 0.05) is 16.6 Å². The number of hydrogen-bond donors (Lipinski definition) is 1. The Morgan fingerprint density at radius 2 is 2.00 bits per heavy atom. The summed E-state index contributed by atoms with van der Waals surface area (Å²) in [6, 6.07) is 15.4. The molecule has 0 unspecified atom stereocenters. The molecule has 1 heterocycles. The Bertz CT molecular complexity index is 734. The van der Waals surface area contributed by atoms with E-state index in [4.69, 9.17) is 11.6 Å². The molecule has 112 valence electrons. The molecule has 0 spiro atoms. The van der Waals surface area contributed by atoms with E-state index in [1.54, 1.807) is 0 Å². The number of hydrogen-bond acceptors (Lipinski definition) is 1. The Kier molecular flexibility index (Phi) is 3.46. The van der Waals surface area contributed by atoms with Crippen molar-refractivity contribution in [3.63, 3.8) is 0 Å². The maximum Gasteiger partial charge on any atom is 0.0568 e. The highest BCUT2D eigenvalue weighted by atomic mass is 35.5. The molecule has 0 bridgehead atoms. The van der Waals surface area contributed by atoms with Crippen molar-refractivity contribution < 1.29 is 0 Å². The fourth-order valence-corrected chi connectivity index (χ4v) is 4.15. The molecule has 22 heavy (non-hydrogen) atoms. The van der Waals surface area contributed by atoms with Crippen molar-refractivity contribution in [2.45, 2.75) is 31.7 Å². The summed E-state index contributed by atoms with van der Waals surface area (Å²) in [6.45, 7) is 2.21. The van der Waals surface area contributed by atoms with Gasteiger partial charge in [0.2, 0.25) is 0 Å². The molecule has 1 N–H and O–H groups in total. The number of benzene rings is 2. The second-order valence-electron chi connectivity index (χ2n) is 6.27. The predicted octanol–water partition coefficient (Wildman–Crippen LogP) is 5.73. The molecule has 0 aromatic heterocycles. The average molecular weight is 310 g/mol. The van der Waals surface area contributed by atoms with Crippen molar-refractivity contribution in [2.24, 2.45) is 5.92 Å². The highest BCUT2D eigenvalue weighted by molar-refractivity contribution is 6.31. The van der Waals surface area contributed by atoms with Crippen LogP contribution in [0, 0.1) is 5.92 Å². The first-order valence-electron chi connectivity index (χ1n) is 8.08. The van der Waals surface area contributed by atoms with Gasteiger partial charge in [0.15, 0.2) is 0 Å². The fourth-order valence-electron chi connectivity index (χ4n) is 3.90. The van der Waals surface area contributed by atoms with Crippen LogP contribution >= 0.6 is 11.6 Å². The van der Waals surface area contributed by atoms with E-state index in [1.807, 2.05) is 12.1 Å². The SMILES string of the molecule is CCc1ccc2c(c1)[C@@H]1C=CC[C@H]1[C@H](c1ccccc1Cl)N2. The van der Waals surface area contributed by atoms with Gasteiger partial charge >= 0.3 is 0 Å². The Labute approximate surface area is 137 Å². The number of anilines is 1. The first-order valence-corrected chi connectivity index (χ1v) is 8.46. The maximum absolute atomic E-state index is 6.46. The van der Waals surface area contributed by atoms with E-state index in [0.29, 0.717) is 11.8 Å². The lowest BCUT2D eigenvalue weighted by molar-refractivity contribution is 0.425. The molecular formula is C20H20ClN. The first-order chi connectivity index (χ1) is 10.8. The van der Waals surface area contributed by atoms with Crippen molar-refractivity contribution in [2.75, 3.05) is 5.32 Å². The molecule has 0 fully saturated rings. The van der Waals surface area contributed by atoms with Crippen LogP contribution in [0.25, 0.3) is 0 Å². The van der Waals surface area contributed by atoms with Crippen LogP contribution in [0.1, 0.15) is 42.0 Å². The van der Waals surface area contributed by atoms with E-state index in [1.165, 1.54) is 22.4 Å². The molecule has 2 aliphatic rings. The maximum atomic E-state index is 6.46. The van der Waals surface area contributed by atoms with Gasteiger partial charge in [0.05, 0.1) is 6.04 Å². The first kappa shape index (κ1) is 13.9. The second-order valence-corrected chi connectivity index (χ2v) is 6.68. The Morgan fingerprint density at radius 3 is 2.82 bits per heavy atom. The summed E-state index contributed by atoms with van der Waals surface area (Å²) >= 11 is 6.46. The van der Waals surface area contributed by atoms with Crippen LogP contribution in [0.2, 0.25) is 5.02 Å². The van der Waals surface area contributed by atoms with Crippen LogP contribution in [0.5, 0.6) is 0 Å². The molecule has 1 aliphatic carbocycles. The summed E-state index contributed by atoms with van der Waals surface area (Å²) in [5.74, 6) is 1.06. The predicted molar refractivity (Wildman–Crippen MR) is 93.6 cm³/mol. The third-order valence-electron chi connectivity index (χ3n) is 5.08. The molecule has 0 saturated heterocycles. The van der Waals surface area contributed by atoms with Gasteiger partial charge in [-0.1, -0.05) is 61.0 Å². The molecule has 4 rings (SSSR count). The third kappa shape index (κ3) is 2.16. The summed E-state index contributed by atoms with van der Waals surface area (Å²) in [5, 5.41) is 4.61. The minimum atomic E-state index is 0.286. The van der Waals surface area contributed by atoms with Crippen LogP contribution < -0.4 is 5.32 Å². The summed E-state index contributed by atoms with van der Waals surface area (Å²) in [4.78, 5) is 0. The highest BCUT2D eigenvalue weighted by Gasteiger charge is 2.38. The van der Waals surface area contributed by atoms with Gasteiger partial charge in [-0.2, -0.15) is 0 Å². The fraction of sp³-hybridized carbons (Fsp3) is 0.300. The van der Waals surface area contributed by atoms with Gasteiger partial charge in [-0.3, -0.25) is 0 Å². The van der Waals surface area contributed by atoms with Crippen LogP contribution in [0.4, 0.5) is 5.69 Å². The van der Waals surface area contributed by atoms with Gasteiger partial charge in [0.25, 0.3) is 0 Å². The standard InChI is InChI=1S/C20H20ClN/c1-2-13-10-11-19-17(12-13)14-7-5-8-15(14)20(22-19)16-6-3-4-9-18(16)21/h3-7,9-12,14-15,20,22H,2,8H2,1H3/t14-,15-,20-/m1/s1. The van der Waals surface area contributed by atoms with Crippen LogP contribution in [-0.4, -0.2) is 0 Å². The topological polar surface area (TPSA) is 12.0 Å². The number of nitrogens with one attached hydrogen (secondary N) is 1. The zero-order valence-electron chi connectivity index (χ0n) is 12.7. The van der Waals surface area contributed by atoms with Gasteiger partial charge < -0.3 is 5.32 Å². The minimum absolute atomic E-state index is 0.286. The lowest BCUT2D eigenvalue weighted by atomic mass is 9.76. The van der Waals surface area contributed by atoms with E-state index in [-0.39, 0.29) is 6.04 Å². The van der Waals surface area contributed by atoms with E-state index < -0.39 is 0 Å². The number of fused-ring (bicyclic) bond motifs is 3. The normalized spacial score (nSPS) is 25.5. The Morgan fingerprint density at radius 1 is 1.14 bits per heavy atom. The zero-order chi connectivity index (χ0) is 15.1. The van der Waals surface area contributed by atoms with Crippen LogP contribution in [0.15, 0.2) is 54.6 Å². The molecule has 0 saturated carbocycles. The molecule has 1 aliphatic heterocycles. The largest absolute Gasteiger partial charge is 0.378 e. The summed E-state index contributed by atoms with van der Waals surface area (Å²) in [5.41, 5.74) is 5.33. The second kappa shape index (κ2) is 5.48. The molecule has 0 amide bonds. The van der Waals surface area contributed by atoms with Gasteiger partial charge in [-0.15, -0.1) is 0 Å².